The minimum absolute atomic E-state index is 0.329. The number of nitrogens with zero attached hydrogens (tertiary/aromatic N) is 3. The molecule has 9 heteroatoms. The molecule has 3 rings (SSSR count). The minimum atomic E-state index is -0.329. The third-order valence-corrected chi connectivity index (χ3v) is 4.67. The summed E-state index contributed by atoms with van der Waals surface area (Å²) in [5.41, 5.74) is 3.91. The van der Waals surface area contributed by atoms with E-state index in [9.17, 15) is 4.79 Å². The summed E-state index contributed by atoms with van der Waals surface area (Å²) < 4.78 is 5.13. The maximum Gasteiger partial charge on any atom is 0.350 e. The summed E-state index contributed by atoms with van der Waals surface area (Å²) in [7, 11) is 1.89. The first-order chi connectivity index (χ1) is 10.2. The Morgan fingerprint density at radius 1 is 1.52 bits per heavy atom. The Kier molecular flexibility index (Phi) is 3.87. The van der Waals surface area contributed by atoms with Crippen molar-refractivity contribution in [3.8, 4) is 0 Å². The lowest BCUT2D eigenvalue weighted by Crippen LogP contribution is -2.37. The van der Waals surface area contributed by atoms with Gasteiger partial charge in [0.15, 0.2) is 11.0 Å². The molecule has 0 aromatic carbocycles. The molecule has 1 aliphatic rings. The van der Waals surface area contributed by atoms with Crippen molar-refractivity contribution in [3.63, 3.8) is 0 Å². The molecule has 3 heterocycles. The highest BCUT2D eigenvalue weighted by atomic mass is 32.2. The molecule has 0 fully saturated rings. The highest BCUT2D eigenvalue weighted by molar-refractivity contribution is 7.98. The number of thioether (sulfide) groups is 1. The molecule has 7 nitrogen and oxygen atoms in total. The zero-order valence-corrected chi connectivity index (χ0v) is 13.5. The Balaban J connectivity index is 2.26. The van der Waals surface area contributed by atoms with Crippen LogP contribution in [0, 0.1) is 0 Å². The average molecular weight is 325 g/mol. The second kappa shape index (κ2) is 5.66. The second-order valence-electron chi connectivity index (χ2n) is 4.31. The minimum Gasteiger partial charge on any atom is -0.462 e. The van der Waals surface area contributed by atoms with Crippen molar-refractivity contribution in [1.29, 1.82) is 0 Å². The van der Waals surface area contributed by atoms with Crippen LogP contribution in [-0.4, -0.2) is 42.5 Å². The van der Waals surface area contributed by atoms with E-state index in [0.29, 0.717) is 23.3 Å². The summed E-state index contributed by atoms with van der Waals surface area (Å²) in [6.45, 7) is 2.64. The largest absolute Gasteiger partial charge is 0.462 e. The molecule has 0 saturated carbocycles. The topological polar surface area (TPSA) is 79.4 Å². The molecule has 0 radical (unpaired) electrons. The molecular weight excluding hydrogens is 310 g/mol. The fourth-order valence-electron chi connectivity index (χ4n) is 2.13. The highest BCUT2D eigenvalue weighted by Crippen LogP contribution is 2.41. The van der Waals surface area contributed by atoms with Gasteiger partial charge in [-0.3, -0.25) is 5.01 Å². The van der Waals surface area contributed by atoms with Gasteiger partial charge in [0.2, 0.25) is 0 Å². The van der Waals surface area contributed by atoms with Gasteiger partial charge >= 0.3 is 5.97 Å². The molecule has 21 heavy (non-hydrogen) atoms. The summed E-state index contributed by atoms with van der Waals surface area (Å²) in [5.74, 6) is 0.431. The quantitative estimate of drug-likeness (QED) is 0.503. The standard InChI is InChI=1S/C12H15N5O2S2/c1-4-19-11(18)8-7-6-9(17(2)14-5-13-7)15-12(20-3)16-10(6)21-8/h13-14H,4-5H2,1-3H3. The number of esters is 1. The number of aromatic nitrogens is 2. The lowest BCUT2D eigenvalue weighted by atomic mass is 10.2. The maximum atomic E-state index is 12.1. The molecular formula is C12H15N5O2S2. The fourth-order valence-corrected chi connectivity index (χ4v) is 3.59. The van der Waals surface area contributed by atoms with Gasteiger partial charge in [0, 0.05) is 7.05 Å². The van der Waals surface area contributed by atoms with Gasteiger partial charge in [-0.2, -0.15) is 0 Å². The van der Waals surface area contributed by atoms with Crippen LogP contribution in [0.25, 0.3) is 10.2 Å². The van der Waals surface area contributed by atoms with Gasteiger partial charge in [0.1, 0.15) is 9.71 Å². The second-order valence-corrected chi connectivity index (χ2v) is 6.08. The number of rotatable bonds is 3. The van der Waals surface area contributed by atoms with Crippen molar-refractivity contribution in [2.45, 2.75) is 12.1 Å². The first-order valence-corrected chi connectivity index (χ1v) is 8.46. The number of carbonyl (C=O) groups is 1. The van der Waals surface area contributed by atoms with Crippen LogP contribution in [0.1, 0.15) is 16.6 Å². The molecule has 0 amide bonds. The summed E-state index contributed by atoms with van der Waals surface area (Å²) >= 11 is 2.81. The SMILES string of the molecule is CCOC(=O)c1sc2nc(SC)nc3c2c1NCNN3C. The Morgan fingerprint density at radius 2 is 2.33 bits per heavy atom. The number of ether oxygens (including phenoxy) is 1. The van der Waals surface area contributed by atoms with E-state index in [1.165, 1.54) is 23.1 Å². The summed E-state index contributed by atoms with van der Waals surface area (Å²) in [6, 6.07) is 0. The number of hydrazine groups is 1. The van der Waals surface area contributed by atoms with Crippen molar-refractivity contribution in [1.82, 2.24) is 15.4 Å². The van der Waals surface area contributed by atoms with Crippen LogP contribution in [0.3, 0.4) is 0 Å². The molecule has 0 bridgehead atoms. The first-order valence-electron chi connectivity index (χ1n) is 6.42. The molecule has 0 atom stereocenters. The molecule has 0 spiro atoms. The molecule has 1 aliphatic heterocycles. The third kappa shape index (κ3) is 2.41. The number of thiophene rings is 1. The summed E-state index contributed by atoms with van der Waals surface area (Å²) in [4.78, 5) is 22.5. The number of nitrogens with one attached hydrogen (secondary N) is 2. The lowest BCUT2D eigenvalue weighted by molar-refractivity contribution is 0.0533. The number of anilines is 2. The highest BCUT2D eigenvalue weighted by Gasteiger charge is 2.27. The van der Waals surface area contributed by atoms with Crippen molar-refractivity contribution >= 4 is 50.8 Å². The van der Waals surface area contributed by atoms with Gasteiger partial charge in [-0.25, -0.2) is 20.2 Å². The van der Waals surface area contributed by atoms with E-state index in [-0.39, 0.29) is 5.97 Å². The van der Waals surface area contributed by atoms with E-state index < -0.39 is 0 Å². The third-order valence-electron chi connectivity index (χ3n) is 3.05. The molecule has 0 aliphatic carbocycles. The predicted octanol–water partition coefficient (Wildman–Crippen LogP) is 1.91. The Bertz CT molecular complexity index is 703. The van der Waals surface area contributed by atoms with Crippen molar-refractivity contribution < 1.29 is 9.53 Å². The molecule has 0 saturated heterocycles. The molecule has 2 aromatic rings. The van der Waals surface area contributed by atoms with Gasteiger partial charge in [-0.05, 0) is 13.2 Å². The van der Waals surface area contributed by atoms with Gasteiger partial charge in [0.25, 0.3) is 0 Å². The number of carbonyl (C=O) groups excluding carboxylic acids is 1. The molecule has 2 N–H and O–H groups in total. The van der Waals surface area contributed by atoms with Crippen LogP contribution in [0.5, 0.6) is 0 Å². The van der Waals surface area contributed by atoms with E-state index >= 15 is 0 Å². The van der Waals surface area contributed by atoms with Crippen LogP contribution in [-0.2, 0) is 4.74 Å². The molecule has 112 valence electrons. The van der Waals surface area contributed by atoms with Crippen molar-refractivity contribution in [3.05, 3.63) is 4.88 Å². The summed E-state index contributed by atoms with van der Waals surface area (Å²) in [5, 5.41) is 6.59. The fraction of sp³-hybridized carbons (Fsp3) is 0.417. The maximum absolute atomic E-state index is 12.1. The van der Waals surface area contributed by atoms with Crippen LogP contribution in [0.4, 0.5) is 11.5 Å². The van der Waals surface area contributed by atoms with E-state index in [0.717, 1.165) is 21.7 Å². The van der Waals surface area contributed by atoms with E-state index in [1.54, 1.807) is 6.92 Å². The monoisotopic (exact) mass is 325 g/mol. The van der Waals surface area contributed by atoms with Crippen LogP contribution in [0.2, 0.25) is 0 Å². The Labute approximate surface area is 130 Å². The first kappa shape index (κ1) is 14.4. The number of hydrogen-bond acceptors (Lipinski definition) is 9. The van der Waals surface area contributed by atoms with E-state index in [1.807, 2.05) is 18.3 Å². The molecule has 0 unspecified atom stereocenters. The Hall–Kier alpha value is -1.58. The van der Waals surface area contributed by atoms with Gasteiger partial charge in [-0.1, -0.05) is 11.8 Å². The predicted molar refractivity (Wildman–Crippen MR) is 85.2 cm³/mol. The molecule has 2 aromatic heterocycles. The zero-order chi connectivity index (χ0) is 15.0. The van der Waals surface area contributed by atoms with Gasteiger partial charge in [-0.15, -0.1) is 11.3 Å². The van der Waals surface area contributed by atoms with Gasteiger partial charge in [0.05, 0.1) is 24.3 Å². The van der Waals surface area contributed by atoms with Crippen LogP contribution >= 0.6 is 23.1 Å². The number of hydrogen-bond donors (Lipinski definition) is 2. The average Bonchev–Trinajstić information content (AvgIpc) is 2.76. The van der Waals surface area contributed by atoms with E-state index in [2.05, 4.69) is 20.7 Å². The normalized spacial score (nSPS) is 14.0. The Morgan fingerprint density at radius 3 is 3.05 bits per heavy atom. The zero-order valence-electron chi connectivity index (χ0n) is 11.9. The van der Waals surface area contributed by atoms with Crippen molar-refractivity contribution in [2.24, 2.45) is 0 Å². The van der Waals surface area contributed by atoms with Gasteiger partial charge < -0.3 is 10.1 Å². The van der Waals surface area contributed by atoms with Crippen LogP contribution in [0.15, 0.2) is 5.16 Å². The van der Waals surface area contributed by atoms with Crippen molar-refractivity contribution in [2.75, 3.05) is 36.9 Å². The summed E-state index contributed by atoms with van der Waals surface area (Å²) in [6.07, 6.45) is 1.93. The lowest BCUT2D eigenvalue weighted by Gasteiger charge is -2.17. The smallest absolute Gasteiger partial charge is 0.350 e. The van der Waals surface area contributed by atoms with E-state index in [4.69, 9.17) is 4.74 Å². The van der Waals surface area contributed by atoms with Crippen LogP contribution < -0.4 is 15.8 Å².